The third kappa shape index (κ3) is 5.40. The number of hydrogen-bond acceptors (Lipinski definition) is 5. The molecular weight excluding hydrogens is 315 g/mol. The smallest absolute Gasteiger partial charge is 0.260 e. The molecule has 1 rings (SSSR count). The number of rotatable bonds is 11. The van der Waals surface area contributed by atoms with E-state index in [-0.39, 0.29) is 6.16 Å². The summed E-state index contributed by atoms with van der Waals surface area (Å²) in [5.41, 5.74) is -0.492. The molecule has 1 aromatic rings. The lowest BCUT2D eigenvalue weighted by Gasteiger charge is -2.36. The van der Waals surface area contributed by atoms with Crippen molar-refractivity contribution in [2.24, 2.45) is 0 Å². The summed E-state index contributed by atoms with van der Waals surface area (Å²) in [4.78, 5) is 0. The second-order valence-corrected chi connectivity index (χ2v) is 8.16. The quantitative estimate of drug-likeness (QED) is 0.482. The van der Waals surface area contributed by atoms with Gasteiger partial charge in [-0.2, -0.15) is 0 Å². The minimum Gasteiger partial charge on any atom is -0.388 e. The van der Waals surface area contributed by atoms with Crippen LogP contribution in [-0.4, -0.2) is 36.6 Å². The summed E-state index contributed by atoms with van der Waals surface area (Å²) < 4.78 is 30.2. The normalized spacial score (nSPS) is 16.0. The van der Waals surface area contributed by atoms with Gasteiger partial charge in [-0.1, -0.05) is 30.3 Å². The maximum Gasteiger partial charge on any atom is 0.260 e. The molecular formula is C17H29O5P. The van der Waals surface area contributed by atoms with Gasteiger partial charge in [0, 0.05) is 19.4 Å². The van der Waals surface area contributed by atoms with E-state index in [2.05, 4.69) is 0 Å². The Bertz CT molecular complexity index is 485. The van der Waals surface area contributed by atoms with Crippen LogP contribution in [0.1, 0.15) is 45.8 Å². The average Bonchev–Trinajstić information content (AvgIpc) is 2.54. The minimum absolute atomic E-state index is 0.188. The molecule has 0 saturated heterocycles. The molecule has 1 aromatic carbocycles. The second-order valence-electron chi connectivity index (χ2n) is 5.29. The first kappa shape index (κ1) is 20.3. The highest BCUT2D eigenvalue weighted by Gasteiger charge is 2.47. The number of aliphatic hydroxyl groups excluding tert-OH is 1. The molecule has 0 spiro atoms. The molecule has 0 aliphatic heterocycles. The lowest BCUT2D eigenvalue weighted by Crippen LogP contribution is -2.35. The first-order valence-corrected chi connectivity index (χ1v) is 9.98. The Labute approximate surface area is 139 Å². The van der Waals surface area contributed by atoms with Gasteiger partial charge in [-0.25, -0.2) is 0 Å². The third-order valence-corrected chi connectivity index (χ3v) is 6.68. The van der Waals surface area contributed by atoms with Crippen LogP contribution in [0.5, 0.6) is 0 Å². The van der Waals surface area contributed by atoms with Crippen LogP contribution in [0.15, 0.2) is 30.3 Å². The second kappa shape index (κ2) is 9.55. The van der Waals surface area contributed by atoms with Gasteiger partial charge in [-0.3, -0.25) is 4.57 Å². The van der Waals surface area contributed by atoms with Crippen LogP contribution >= 0.6 is 7.37 Å². The van der Waals surface area contributed by atoms with E-state index in [0.717, 1.165) is 5.56 Å². The van der Waals surface area contributed by atoms with E-state index in [4.69, 9.17) is 14.0 Å². The van der Waals surface area contributed by atoms with Crippen LogP contribution < -0.4 is 0 Å². The Balaban J connectivity index is 2.89. The zero-order valence-corrected chi connectivity index (χ0v) is 15.4. The minimum atomic E-state index is -3.25. The molecule has 1 N–H and O–H groups in total. The van der Waals surface area contributed by atoms with Gasteiger partial charge in [0.15, 0.2) is 0 Å². The topological polar surface area (TPSA) is 65.0 Å². The first-order chi connectivity index (χ1) is 10.9. The molecule has 2 atom stereocenters. The highest BCUT2D eigenvalue weighted by molar-refractivity contribution is 7.60. The monoisotopic (exact) mass is 344 g/mol. The summed E-state index contributed by atoms with van der Waals surface area (Å²) in [5, 5.41) is 10.3. The van der Waals surface area contributed by atoms with Gasteiger partial charge in [0.05, 0.1) is 12.7 Å². The summed E-state index contributed by atoms with van der Waals surface area (Å²) in [6, 6.07) is 9.32. The van der Waals surface area contributed by atoms with Crippen molar-refractivity contribution < 1.29 is 23.7 Å². The Hall–Kier alpha value is -0.710. The fraction of sp³-hybridized carbons (Fsp3) is 0.647. The molecule has 0 amide bonds. The highest BCUT2D eigenvalue weighted by atomic mass is 31.2. The van der Waals surface area contributed by atoms with Crippen LogP contribution in [-0.2, 0) is 18.6 Å². The molecule has 5 nitrogen and oxygen atoms in total. The van der Waals surface area contributed by atoms with Crippen LogP contribution in [0, 0.1) is 0 Å². The summed E-state index contributed by atoms with van der Waals surface area (Å²) in [6.07, 6.45) is -0.192. The van der Waals surface area contributed by atoms with E-state index in [1.807, 2.05) is 44.2 Å². The zero-order chi connectivity index (χ0) is 17.3. The van der Waals surface area contributed by atoms with Crippen molar-refractivity contribution in [1.82, 2.24) is 0 Å². The lowest BCUT2D eigenvalue weighted by atomic mass is 10.1. The fourth-order valence-electron chi connectivity index (χ4n) is 2.50. The molecule has 0 heterocycles. The molecule has 0 saturated carbocycles. The summed E-state index contributed by atoms with van der Waals surface area (Å²) in [6.45, 7) is 8.14. The number of ether oxygens (including phenoxy) is 2. The van der Waals surface area contributed by atoms with Gasteiger partial charge in [0.2, 0.25) is 5.53 Å². The Morgan fingerprint density at radius 2 is 1.65 bits per heavy atom. The highest BCUT2D eigenvalue weighted by Crippen LogP contribution is 2.61. The summed E-state index contributed by atoms with van der Waals surface area (Å²) in [5.74, 6) is 0. The SMILES string of the molecule is CCOC(C)(OCC)P(=O)(CCC(O)c1ccccc1)OCC. The first-order valence-electron chi connectivity index (χ1n) is 8.17. The predicted octanol–water partition coefficient (Wildman–Crippen LogP) is 4.17. The number of aliphatic hydroxyl groups is 1. The molecule has 0 aromatic heterocycles. The Kier molecular flexibility index (Phi) is 8.45. The van der Waals surface area contributed by atoms with Crippen molar-refractivity contribution in [3.05, 3.63) is 35.9 Å². The van der Waals surface area contributed by atoms with Crippen molar-refractivity contribution in [3.63, 3.8) is 0 Å². The van der Waals surface area contributed by atoms with Gasteiger partial charge < -0.3 is 19.1 Å². The van der Waals surface area contributed by atoms with E-state index < -0.39 is 19.0 Å². The van der Waals surface area contributed by atoms with Crippen molar-refractivity contribution >= 4 is 7.37 Å². The van der Waals surface area contributed by atoms with Crippen molar-refractivity contribution in [2.75, 3.05) is 26.0 Å². The van der Waals surface area contributed by atoms with Crippen LogP contribution in [0.2, 0.25) is 0 Å². The Morgan fingerprint density at radius 3 is 2.13 bits per heavy atom. The molecule has 23 heavy (non-hydrogen) atoms. The summed E-state index contributed by atoms with van der Waals surface area (Å²) in [7, 11) is -3.25. The van der Waals surface area contributed by atoms with E-state index >= 15 is 0 Å². The molecule has 6 heteroatoms. The predicted molar refractivity (Wildman–Crippen MR) is 91.8 cm³/mol. The van der Waals surface area contributed by atoms with Gasteiger partial charge in [0.1, 0.15) is 0 Å². The molecule has 0 bridgehead atoms. The molecule has 0 radical (unpaired) electrons. The standard InChI is InChI=1S/C17H29O5P/c1-5-20-17(4,21-6-2)23(19,22-7-3)14-13-16(18)15-11-9-8-10-12-15/h8-12,16,18H,5-7,13-14H2,1-4H3. The number of benzene rings is 1. The van der Waals surface area contributed by atoms with Gasteiger partial charge >= 0.3 is 0 Å². The molecule has 0 aliphatic carbocycles. The molecule has 2 unspecified atom stereocenters. The summed E-state index contributed by atoms with van der Waals surface area (Å²) >= 11 is 0. The zero-order valence-electron chi connectivity index (χ0n) is 14.5. The third-order valence-electron chi connectivity index (χ3n) is 3.66. The van der Waals surface area contributed by atoms with Crippen LogP contribution in [0.25, 0.3) is 0 Å². The molecule has 132 valence electrons. The van der Waals surface area contributed by atoms with Crippen molar-refractivity contribution in [2.45, 2.75) is 45.7 Å². The van der Waals surface area contributed by atoms with Crippen LogP contribution in [0.3, 0.4) is 0 Å². The van der Waals surface area contributed by atoms with Gasteiger partial charge in [0.25, 0.3) is 7.37 Å². The maximum atomic E-state index is 13.4. The van der Waals surface area contributed by atoms with Gasteiger partial charge in [-0.05, 0) is 39.7 Å². The maximum absolute atomic E-state index is 13.4. The van der Waals surface area contributed by atoms with E-state index in [1.165, 1.54) is 0 Å². The van der Waals surface area contributed by atoms with E-state index in [1.54, 1.807) is 13.8 Å². The molecule has 0 aliphatic rings. The largest absolute Gasteiger partial charge is 0.388 e. The fourth-order valence-corrected chi connectivity index (χ4v) is 4.92. The number of hydrogen-bond donors (Lipinski definition) is 1. The molecule has 0 fully saturated rings. The van der Waals surface area contributed by atoms with Crippen LogP contribution in [0.4, 0.5) is 0 Å². The average molecular weight is 344 g/mol. The van der Waals surface area contributed by atoms with Crippen molar-refractivity contribution in [3.8, 4) is 0 Å². The lowest BCUT2D eigenvalue weighted by molar-refractivity contribution is -0.168. The van der Waals surface area contributed by atoms with Gasteiger partial charge in [-0.15, -0.1) is 0 Å². The van der Waals surface area contributed by atoms with E-state index in [0.29, 0.717) is 26.2 Å². The Morgan fingerprint density at radius 1 is 1.09 bits per heavy atom. The van der Waals surface area contributed by atoms with Crippen molar-refractivity contribution in [1.29, 1.82) is 0 Å². The van der Waals surface area contributed by atoms with E-state index in [9.17, 15) is 9.67 Å².